The second-order valence-electron chi connectivity index (χ2n) is 22.5. The maximum atomic E-state index is 5.59. The van der Waals surface area contributed by atoms with Gasteiger partial charge in [0, 0.05) is 72.7 Å². The molecule has 0 fully saturated rings. The molecule has 0 bridgehead atoms. The molecule has 0 unspecified atom stereocenters. The van der Waals surface area contributed by atoms with Crippen molar-refractivity contribution in [1.29, 1.82) is 0 Å². The summed E-state index contributed by atoms with van der Waals surface area (Å²) in [7, 11) is 0. The minimum absolute atomic E-state index is 0.00840. The SMILES string of the molecule is c1ccc(-c2cc(-c3ccccc3)nc(-c3cccc(-n4c5ccccc5c5cc(-c6cc7c8c(c6)N(c6ccccc6)c6ccccc6B8c6ccccc6N7c6ccccc6)ccc54)c3-c3nc(-c4ccccc4)cc(-c4ccccc4)n3)n2)cc1. The molecule has 17 rings (SSSR count). The molecule has 88 heavy (non-hydrogen) atoms. The number of para-hydroxylation sites is 5. The normalized spacial score (nSPS) is 12.2. The Hall–Kier alpha value is -11.7. The van der Waals surface area contributed by atoms with Crippen molar-refractivity contribution in [3.63, 3.8) is 0 Å². The standard InChI is InChI=1S/C80H52BN7/c1-7-26-53(27-8-1)66-51-67(54-28-9-2-10-29-54)83-79(82-66)62-39-25-45-74(77(62)80-84-68(55-30-11-3-12-31-55)52-69(85-80)56-32-13-4-14-33-56)88-70-42-22-19-38-61(70)63-48-57(46-47-71(63)88)58-49-75-78-76(50-58)87(60-36-17-6-18-37-60)73-44-24-21-41-65(73)81(78)64-40-20-23-43-72(64)86(75)59-34-15-5-16-35-59/h1-52H. The molecule has 0 saturated carbocycles. The molecule has 3 aromatic heterocycles. The highest BCUT2D eigenvalue weighted by molar-refractivity contribution is 7.00. The van der Waals surface area contributed by atoms with Gasteiger partial charge in [-0.15, -0.1) is 0 Å². The number of aromatic nitrogens is 5. The van der Waals surface area contributed by atoms with Crippen LogP contribution in [0.4, 0.5) is 34.1 Å². The fourth-order valence-corrected chi connectivity index (χ4v) is 13.5. The van der Waals surface area contributed by atoms with Crippen molar-refractivity contribution in [2.45, 2.75) is 0 Å². The van der Waals surface area contributed by atoms with E-state index in [1.807, 2.05) is 24.3 Å². The van der Waals surface area contributed by atoms with Crippen molar-refractivity contribution in [3.8, 4) is 84.6 Å². The summed E-state index contributed by atoms with van der Waals surface area (Å²) in [5.41, 5.74) is 24.7. The summed E-state index contributed by atoms with van der Waals surface area (Å²) in [6.07, 6.45) is 0. The molecular formula is C80H52BN7. The molecule has 5 heterocycles. The van der Waals surface area contributed by atoms with E-state index >= 15 is 0 Å². The number of nitrogens with zero attached hydrogens (tertiary/aromatic N) is 7. The molecule has 410 valence electrons. The van der Waals surface area contributed by atoms with Crippen molar-refractivity contribution >= 4 is 79.0 Å². The lowest BCUT2D eigenvalue weighted by molar-refractivity contribution is 1.12. The summed E-state index contributed by atoms with van der Waals surface area (Å²) in [5.74, 6) is 1.12. The average Bonchev–Trinajstić information content (AvgIpc) is 0.821. The van der Waals surface area contributed by atoms with Crippen LogP contribution >= 0.6 is 0 Å². The van der Waals surface area contributed by atoms with Gasteiger partial charge in [0.2, 0.25) is 0 Å². The third-order valence-corrected chi connectivity index (χ3v) is 17.4. The maximum absolute atomic E-state index is 5.59. The van der Waals surface area contributed by atoms with Crippen LogP contribution in [0.2, 0.25) is 0 Å². The molecule has 2 aliphatic rings. The summed E-state index contributed by atoms with van der Waals surface area (Å²) in [5, 5.41) is 2.23. The fraction of sp³-hybridized carbons (Fsp3) is 0. The van der Waals surface area contributed by atoms with E-state index in [4.69, 9.17) is 19.9 Å². The lowest BCUT2D eigenvalue weighted by Crippen LogP contribution is -2.61. The van der Waals surface area contributed by atoms with Crippen LogP contribution in [0.15, 0.2) is 315 Å². The maximum Gasteiger partial charge on any atom is 0.252 e. The first kappa shape index (κ1) is 50.8. The number of anilines is 6. The van der Waals surface area contributed by atoms with E-state index in [1.54, 1.807) is 0 Å². The first-order chi connectivity index (χ1) is 43.7. The molecule has 0 amide bonds. The van der Waals surface area contributed by atoms with E-state index in [0.29, 0.717) is 11.6 Å². The Morgan fingerprint density at radius 1 is 0.261 bits per heavy atom. The number of hydrogen-bond donors (Lipinski definition) is 0. The number of benzene rings is 12. The molecule has 0 spiro atoms. The quantitative estimate of drug-likeness (QED) is 0.127. The van der Waals surface area contributed by atoms with Crippen LogP contribution < -0.4 is 26.2 Å². The van der Waals surface area contributed by atoms with E-state index in [-0.39, 0.29) is 6.71 Å². The summed E-state index contributed by atoms with van der Waals surface area (Å²) in [4.78, 5) is 27.1. The Bertz CT molecular complexity index is 4930. The second kappa shape index (κ2) is 21.1. The zero-order valence-electron chi connectivity index (χ0n) is 47.7. The zero-order chi connectivity index (χ0) is 58.1. The van der Waals surface area contributed by atoms with Gasteiger partial charge < -0.3 is 14.4 Å². The summed E-state index contributed by atoms with van der Waals surface area (Å²) in [6, 6.07) is 112. The summed E-state index contributed by atoms with van der Waals surface area (Å²) < 4.78 is 2.40. The van der Waals surface area contributed by atoms with Crippen LogP contribution in [0.25, 0.3) is 106 Å². The van der Waals surface area contributed by atoms with Gasteiger partial charge in [-0.25, -0.2) is 19.9 Å². The smallest absolute Gasteiger partial charge is 0.252 e. The first-order valence-corrected chi connectivity index (χ1v) is 29.9. The van der Waals surface area contributed by atoms with Crippen LogP contribution in [0.1, 0.15) is 0 Å². The Labute approximate surface area is 510 Å². The minimum Gasteiger partial charge on any atom is -0.311 e. The molecule has 12 aromatic carbocycles. The molecule has 8 heteroatoms. The van der Waals surface area contributed by atoms with Crippen LogP contribution in [0, 0.1) is 0 Å². The molecule has 2 aliphatic heterocycles. The van der Waals surface area contributed by atoms with Gasteiger partial charge in [0.25, 0.3) is 6.71 Å². The lowest BCUT2D eigenvalue weighted by atomic mass is 9.33. The number of fused-ring (bicyclic) bond motifs is 7. The molecule has 0 aliphatic carbocycles. The number of hydrogen-bond acceptors (Lipinski definition) is 6. The van der Waals surface area contributed by atoms with E-state index in [9.17, 15) is 0 Å². The van der Waals surface area contributed by atoms with Crippen molar-refractivity contribution in [3.05, 3.63) is 315 Å². The van der Waals surface area contributed by atoms with Crippen LogP contribution in [0.3, 0.4) is 0 Å². The summed E-state index contributed by atoms with van der Waals surface area (Å²) in [6.45, 7) is 0.00840. The first-order valence-electron chi connectivity index (χ1n) is 29.9. The highest BCUT2D eigenvalue weighted by Crippen LogP contribution is 2.48. The van der Waals surface area contributed by atoms with Gasteiger partial charge in [-0.3, -0.25) is 0 Å². The van der Waals surface area contributed by atoms with Crippen molar-refractivity contribution < 1.29 is 0 Å². The topological polar surface area (TPSA) is 63.0 Å². The van der Waals surface area contributed by atoms with Gasteiger partial charge in [-0.05, 0) is 112 Å². The van der Waals surface area contributed by atoms with Crippen LogP contribution in [0.5, 0.6) is 0 Å². The molecule has 0 radical (unpaired) electrons. The highest BCUT2D eigenvalue weighted by Gasteiger charge is 2.43. The van der Waals surface area contributed by atoms with E-state index in [1.165, 1.54) is 27.8 Å². The third-order valence-electron chi connectivity index (χ3n) is 17.4. The van der Waals surface area contributed by atoms with Gasteiger partial charge >= 0.3 is 0 Å². The van der Waals surface area contributed by atoms with Gasteiger partial charge in [-0.2, -0.15) is 0 Å². The zero-order valence-corrected chi connectivity index (χ0v) is 47.7. The molecule has 0 N–H and O–H groups in total. The van der Waals surface area contributed by atoms with Gasteiger partial charge in [0.05, 0.1) is 45.1 Å². The van der Waals surface area contributed by atoms with Crippen molar-refractivity contribution in [1.82, 2.24) is 24.5 Å². The largest absolute Gasteiger partial charge is 0.311 e. The molecule has 15 aromatic rings. The average molecular weight is 1120 g/mol. The Kier molecular flexibility index (Phi) is 12.2. The Morgan fingerprint density at radius 3 is 1.17 bits per heavy atom. The molecule has 0 atom stereocenters. The Morgan fingerprint density at radius 2 is 0.670 bits per heavy atom. The van der Waals surface area contributed by atoms with Gasteiger partial charge in [0.15, 0.2) is 11.6 Å². The highest BCUT2D eigenvalue weighted by atomic mass is 15.2. The lowest BCUT2D eigenvalue weighted by Gasteiger charge is -2.44. The minimum atomic E-state index is 0.00840. The van der Waals surface area contributed by atoms with Gasteiger partial charge in [-0.1, -0.05) is 231 Å². The third kappa shape index (κ3) is 8.52. The molecule has 7 nitrogen and oxygen atoms in total. The predicted octanol–water partition coefficient (Wildman–Crippen LogP) is 18.1. The predicted molar refractivity (Wildman–Crippen MR) is 364 cm³/mol. The summed E-state index contributed by atoms with van der Waals surface area (Å²) >= 11 is 0. The van der Waals surface area contributed by atoms with E-state index in [2.05, 4.69) is 306 Å². The van der Waals surface area contributed by atoms with E-state index < -0.39 is 0 Å². The van der Waals surface area contributed by atoms with Crippen molar-refractivity contribution in [2.24, 2.45) is 0 Å². The molecular weight excluding hydrogens is 1070 g/mol. The van der Waals surface area contributed by atoms with Crippen molar-refractivity contribution in [2.75, 3.05) is 9.80 Å². The van der Waals surface area contributed by atoms with Crippen LogP contribution in [-0.2, 0) is 0 Å². The second-order valence-corrected chi connectivity index (χ2v) is 22.5. The van der Waals surface area contributed by atoms with Gasteiger partial charge in [0.1, 0.15) is 0 Å². The number of rotatable bonds is 10. The Balaban J connectivity index is 0.925. The van der Waals surface area contributed by atoms with E-state index in [0.717, 1.165) is 118 Å². The fourth-order valence-electron chi connectivity index (χ4n) is 13.5. The monoisotopic (exact) mass is 1120 g/mol. The molecule has 0 saturated heterocycles. The van der Waals surface area contributed by atoms with Crippen LogP contribution in [-0.4, -0.2) is 31.2 Å².